The van der Waals surface area contributed by atoms with Gasteiger partial charge in [-0.2, -0.15) is 10.2 Å². The van der Waals surface area contributed by atoms with E-state index in [2.05, 4.69) is 37.5 Å². The molecule has 0 aliphatic heterocycles. The smallest absolute Gasteiger partial charge is 0.338 e. The van der Waals surface area contributed by atoms with Crippen molar-refractivity contribution in [1.29, 1.82) is 0 Å². The Labute approximate surface area is 163 Å². The van der Waals surface area contributed by atoms with Gasteiger partial charge in [0.1, 0.15) is 0 Å². The van der Waals surface area contributed by atoms with E-state index in [4.69, 9.17) is 5.11 Å². The summed E-state index contributed by atoms with van der Waals surface area (Å²) in [6.45, 7) is 2.91. The van der Waals surface area contributed by atoms with Crippen LogP contribution in [-0.2, 0) is 17.9 Å². The highest BCUT2D eigenvalue weighted by Gasteiger charge is 2.12. The van der Waals surface area contributed by atoms with E-state index in [0.29, 0.717) is 16.8 Å². The minimum atomic E-state index is -1.05. The van der Waals surface area contributed by atoms with Crippen molar-refractivity contribution in [2.45, 2.75) is 26.4 Å². The van der Waals surface area contributed by atoms with Gasteiger partial charge >= 0.3 is 5.97 Å². The number of hydrogen-bond acceptors (Lipinski definition) is 4. The van der Waals surface area contributed by atoms with Gasteiger partial charge in [-0.05, 0) is 28.4 Å². The number of carboxylic acids is 1. The number of aromatic nitrogens is 4. The van der Waals surface area contributed by atoms with Crippen molar-refractivity contribution < 1.29 is 14.7 Å². The van der Waals surface area contributed by atoms with Gasteiger partial charge in [-0.15, -0.1) is 0 Å². The molecule has 0 saturated heterocycles. The highest BCUT2D eigenvalue weighted by atomic mass is 79.9. The molecule has 1 aromatic carbocycles. The van der Waals surface area contributed by atoms with Crippen LogP contribution in [0.15, 0.2) is 47.3 Å². The van der Waals surface area contributed by atoms with Gasteiger partial charge in [0.25, 0.3) is 0 Å². The number of carbonyl (C=O) groups is 2. The first-order chi connectivity index (χ1) is 12.9. The first-order valence-electron chi connectivity index (χ1n) is 8.25. The summed E-state index contributed by atoms with van der Waals surface area (Å²) in [6.07, 6.45) is 4.61. The lowest BCUT2D eigenvalue weighted by molar-refractivity contribution is -0.116. The third kappa shape index (κ3) is 5.04. The molecule has 2 N–H and O–H groups in total. The Morgan fingerprint density at radius 1 is 1.26 bits per heavy atom. The molecule has 3 aromatic rings. The molecule has 0 aliphatic carbocycles. The van der Waals surface area contributed by atoms with Crippen molar-refractivity contribution in [3.63, 3.8) is 0 Å². The number of rotatable bonds is 7. The molecule has 2 aromatic heterocycles. The number of benzene rings is 1. The SMILES string of the molecule is Cc1cccc(Cn2cc(Br)c(NC(=O)CCn3cc(C(=O)O)cn3)n2)c1. The molecule has 0 radical (unpaired) electrons. The van der Waals surface area contributed by atoms with E-state index in [1.54, 1.807) is 4.68 Å². The number of aromatic carboxylic acids is 1. The average molecular weight is 432 g/mol. The highest BCUT2D eigenvalue weighted by Crippen LogP contribution is 2.21. The van der Waals surface area contributed by atoms with Crippen molar-refractivity contribution in [3.8, 4) is 0 Å². The second kappa shape index (κ2) is 8.17. The predicted octanol–water partition coefficient (Wildman–Crippen LogP) is 2.93. The molecule has 3 rings (SSSR count). The van der Waals surface area contributed by atoms with Gasteiger partial charge in [-0.25, -0.2) is 4.79 Å². The second-order valence-corrected chi connectivity index (χ2v) is 6.96. The average Bonchev–Trinajstić information content (AvgIpc) is 3.20. The molecule has 0 fully saturated rings. The van der Waals surface area contributed by atoms with Crippen LogP contribution in [0.2, 0.25) is 0 Å². The van der Waals surface area contributed by atoms with Gasteiger partial charge in [0.05, 0.1) is 22.8 Å². The molecule has 0 spiro atoms. The maximum atomic E-state index is 12.2. The van der Waals surface area contributed by atoms with E-state index in [1.165, 1.54) is 22.6 Å². The number of carboxylic acid groups (broad SMARTS) is 1. The van der Waals surface area contributed by atoms with Crippen molar-refractivity contribution in [3.05, 3.63) is 64.0 Å². The third-order valence-corrected chi connectivity index (χ3v) is 4.43. The summed E-state index contributed by atoms with van der Waals surface area (Å²) in [5.74, 6) is -0.836. The fraction of sp³-hybridized carbons (Fsp3) is 0.222. The minimum Gasteiger partial charge on any atom is -0.478 e. The van der Waals surface area contributed by atoms with E-state index in [1.807, 2.05) is 31.3 Å². The van der Waals surface area contributed by atoms with E-state index >= 15 is 0 Å². The highest BCUT2D eigenvalue weighted by molar-refractivity contribution is 9.10. The lowest BCUT2D eigenvalue weighted by Crippen LogP contribution is -2.15. The van der Waals surface area contributed by atoms with Crippen LogP contribution >= 0.6 is 15.9 Å². The first kappa shape index (κ1) is 18.8. The number of aryl methyl sites for hydroxylation is 2. The molecule has 140 valence electrons. The van der Waals surface area contributed by atoms with Crippen molar-refractivity contribution in [1.82, 2.24) is 19.6 Å². The lowest BCUT2D eigenvalue weighted by atomic mass is 10.1. The van der Waals surface area contributed by atoms with Crippen LogP contribution in [0, 0.1) is 6.92 Å². The van der Waals surface area contributed by atoms with E-state index < -0.39 is 5.97 Å². The maximum absolute atomic E-state index is 12.2. The van der Waals surface area contributed by atoms with Crippen LogP contribution in [0.25, 0.3) is 0 Å². The van der Waals surface area contributed by atoms with Crippen LogP contribution < -0.4 is 5.32 Å². The topological polar surface area (TPSA) is 102 Å². The van der Waals surface area contributed by atoms with Crippen LogP contribution in [0.1, 0.15) is 27.9 Å². The number of hydrogen-bond donors (Lipinski definition) is 2. The Kier molecular flexibility index (Phi) is 5.70. The van der Waals surface area contributed by atoms with Crippen LogP contribution in [0.3, 0.4) is 0 Å². The van der Waals surface area contributed by atoms with Crippen LogP contribution in [0.4, 0.5) is 5.82 Å². The van der Waals surface area contributed by atoms with Crippen molar-refractivity contribution >= 4 is 33.6 Å². The van der Waals surface area contributed by atoms with Gasteiger partial charge in [0.2, 0.25) is 5.91 Å². The molecule has 0 saturated carbocycles. The molecule has 0 bridgehead atoms. The molecule has 1 amide bonds. The summed E-state index contributed by atoms with van der Waals surface area (Å²) >= 11 is 3.41. The van der Waals surface area contributed by atoms with Crippen molar-refractivity contribution in [2.75, 3.05) is 5.32 Å². The van der Waals surface area contributed by atoms with Gasteiger partial charge in [0, 0.05) is 25.4 Å². The number of amides is 1. The van der Waals surface area contributed by atoms with Gasteiger partial charge in [0.15, 0.2) is 5.82 Å². The number of nitrogens with one attached hydrogen (secondary N) is 1. The summed E-state index contributed by atoms with van der Waals surface area (Å²) in [5, 5.41) is 19.9. The number of nitrogens with zero attached hydrogens (tertiary/aromatic N) is 4. The molecule has 8 nitrogen and oxygen atoms in total. The summed E-state index contributed by atoms with van der Waals surface area (Å²) in [4.78, 5) is 23.0. The maximum Gasteiger partial charge on any atom is 0.338 e. The zero-order chi connectivity index (χ0) is 19.4. The Morgan fingerprint density at radius 3 is 2.78 bits per heavy atom. The molecule has 9 heteroatoms. The van der Waals surface area contributed by atoms with E-state index in [9.17, 15) is 9.59 Å². The summed E-state index contributed by atoms with van der Waals surface area (Å²) in [6, 6.07) is 8.14. The van der Waals surface area contributed by atoms with Gasteiger partial charge < -0.3 is 10.4 Å². The normalized spacial score (nSPS) is 10.7. The summed E-state index contributed by atoms with van der Waals surface area (Å²) in [5.41, 5.74) is 2.39. The molecule has 27 heavy (non-hydrogen) atoms. The summed E-state index contributed by atoms with van der Waals surface area (Å²) in [7, 11) is 0. The van der Waals surface area contributed by atoms with Crippen molar-refractivity contribution in [2.24, 2.45) is 0 Å². The molecular weight excluding hydrogens is 414 g/mol. The zero-order valence-electron chi connectivity index (χ0n) is 14.6. The molecule has 2 heterocycles. The first-order valence-corrected chi connectivity index (χ1v) is 9.04. The minimum absolute atomic E-state index is 0.0908. The fourth-order valence-electron chi connectivity index (χ4n) is 2.57. The second-order valence-electron chi connectivity index (χ2n) is 6.11. The van der Waals surface area contributed by atoms with Gasteiger partial charge in [-0.3, -0.25) is 14.2 Å². The summed E-state index contributed by atoms with van der Waals surface area (Å²) < 4.78 is 3.87. The van der Waals surface area contributed by atoms with E-state index in [0.717, 1.165) is 5.56 Å². The Bertz CT molecular complexity index is 979. The van der Waals surface area contributed by atoms with Crippen LogP contribution in [-0.4, -0.2) is 36.5 Å². The number of halogens is 1. The standard InChI is InChI=1S/C18H18BrN5O3/c1-12-3-2-4-13(7-12)9-24-11-15(19)17(22-24)21-16(25)5-6-23-10-14(8-20-23)18(26)27/h2-4,7-8,10-11H,5-6,9H2,1H3,(H,26,27)(H,21,22,25). The predicted molar refractivity (Wildman–Crippen MR) is 103 cm³/mol. The van der Waals surface area contributed by atoms with E-state index in [-0.39, 0.29) is 24.4 Å². The lowest BCUT2D eigenvalue weighted by Gasteiger charge is -2.04. The molecule has 0 aliphatic rings. The molecular formula is C18H18BrN5O3. The van der Waals surface area contributed by atoms with Crippen LogP contribution in [0.5, 0.6) is 0 Å². The van der Waals surface area contributed by atoms with Gasteiger partial charge in [-0.1, -0.05) is 29.8 Å². The largest absolute Gasteiger partial charge is 0.478 e. The Morgan fingerprint density at radius 2 is 2.07 bits per heavy atom. The molecule has 0 unspecified atom stereocenters. The zero-order valence-corrected chi connectivity index (χ0v) is 16.2. The third-order valence-electron chi connectivity index (χ3n) is 3.85. The molecule has 0 atom stereocenters. The Hall–Kier alpha value is -2.94. The number of anilines is 1. The fourth-order valence-corrected chi connectivity index (χ4v) is 2.98. The quantitative estimate of drug-likeness (QED) is 0.598. The number of carbonyl (C=O) groups excluding carboxylic acids is 1. The monoisotopic (exact) mass is 431 g/mol. The Balaban J connectivity index is 1.57.